The van der Waals surface area contributed by atoms with Crippen LogP contribution in [0.2, 0.25) is 0 Å². The fourth-order valence-electron chi connectivity index (χ4n) is 1.68. The lowest BCUT2D eigenvalue weighted by molar-refractivity contribution is 0.102. The van der Waals surface area contributed by atoms with Gasteiger partial charge in [-0.3, -0.25) is 10.1 Å². The summed E-state index contributed by atoms with van der Waals surface area (Å²) in [5.74, 6) is -0.260. The summed E-state index contributed by atoms with van der Waals surface area (Å²) in [4.78, 5) is 15.0. The number of aromatic amines is 1. The van der Waals surface area contributed by atoms with E-state index in [1.54, 1.807) is 24.4 Å². The predicted molar refractivity (Wildman–Crippen MR) is 68.4 cm³/mol. The van der Waals surface area contributed by atoms with E-state index in [1.165, 1.54) is 0 Å². The van der Waals surface area contributed by atoms with Gasteiger partial charge in [-0.1, -0.05) is 9.59 Å². The first-order valence-electron chi connectivity index (χ1n) is 5.07. The summed E-state index contributed by atoms with van der Waals surface area (Å²) in [7, 11) is 0. The summed E-state index contributed by atoms with van der Waals surface area (Å²) < 4.78 is 3.57. The SMILES string of the molecule is Nc1ccc2c(C(=O)Nc3nnns3)c[nH]c2c1. The van der Waals surface area contributed by atoms with Crippen molar-refractivity contribution in [1.82, 2.24) is 19.8 Å². The Balaban J connectivity index is 1.97. The summed E-state index contributed by atoms with van der Waals surface area (Å²) in [5.41, 5.74) is 7.66. The molecular formula is C10H8N6OS. The van der Waals surface area contributed by atoms with Crippen molar-refractivity contribution in [2.75, 3.05) is 11.1 Å². The molecule has 2 heterocycles. The van der Waals surface area contributed by atoms with Gasteiger partial charge in [0.05, 0.1) is 5.56 Å². The van der Waals surface area contributed by atoms with Gasteiger partial charge in [-0.05, 0) is 23.4 Å². The minimum absolute atomic E-state index is 0.260. The largest absolute Gasteiger partial charge is 0.399 e. The number of hydrogen-bond acceptors (Lipinski definition) is 6. The lowest BCUT2D eigenvalue weighted by Crippen LogP contribution is -2.11. The molecule has 4 N–H and O–H groups in total. The van der Waals surface area contributed by atoms with Crippen LogP contribution < -0.4 is 11.1 Å². The predicted octanol–water partition coefficient (Wildman–Crippen LogP) is 1.25. The summed E-state index contributed by atoms with van der Waals surface area (Å²) in [6.07, 6.45) is 1.63. The fraction of sp³-hybridized carbons (Fsp3) is 0. The van der Waals surface area contributed by atoms with Crippen molar-refractivity contribution in [1.29, 1.82) is 0 Å². The molecule has 0 aliphatic heterocycles. The second-order valence-corrected chi connectivity index (χ2v) is 4.36. The number of anilines is 2. The molecule has 18 heavy (non-hydrogen) atoms. The lowest BCUT2D eigenvalue weighted by atomic mass is 10.1. The molecule has 0 spiro atoms. The Hall–Kier alpha value is -2.48. The number of nitrogens with two attached hydrogens (primary N) is 1. The third-order valence-corrected chi connectivity index (χ3v) is 2.98. The van der Waals surface area contributed by atoms with Crippen LogP contribution in [0.5, 0.6) is 0 Å². The van der Waals surface area contributed by atoms with Crippen LogP contribution in [0.1, 0.15) is 10.4 Å². The fourth-order valence-corrected chi connectivity index (χ4v) is 2.04. The Morgan fingerprint density at radius 2 is 2.33 bits per heavy atom. The molecular weight excluding hydrogens is 252 g/mol. The van der Waals surface area contributed by atoms with E-state index in [9.17, 15) is 4.79 Å². The number of rotatable bonds is 2. The van der Waals surface area contributed by atoms with Crippen LogP contribution in [0.25, 0.3) is 10.9 Å². The topological polar surface area (TPSA) is 110 Å². The molecule has 0 saturated heterocycles. The minimum Gasteiger partial charge on any atom is -0.399 e. The Morgan fingerprint density at radius 1 is 1.44 bits per heavy atom. The molecule has 3 rings (SSSR count). The molecule has 0 fully saturated rings. The Bertz CT molecular complexity index is 704. The summed E-state index contributed by atoms with van der Waals surface area (Å²) in [6, 6.07) is 5.33. The Morgan fingerprint density at radius 3 is 3.11 bits per heavy atom. The van der Waals surface area contributed by atoms with Crippen LogP contribution in [0.15, 0.2) is 24.4 Å². The molecule has 0 aliphatic rings. The van der Waals surface area contributed by atoms with Crippen LogP contribution in [0.4, 0.5) is 10.8 Å². The van der Waals surface area contributed by atoms with Gasteiger partial charge in [-0.15, -0.1) is 0 Å². The number of hydrogen-bond donors (Lipinski definition) is 3. The third kappa shape index (κ3) is 1.78. The van der Waals surface area contributed by atoms with Crippen molar-refractivity contribution in [2.24, 2.45) is 0 Å². The molecule has 2 aromatic heterocycles. The molecule has 3 aromatic rings. The molecule has 0 saturated carbocycles. The van der Waals surface area contributed by atoms with Crippen LogP contribution in [-0.2, 0) is 0 Å². The van der Waals surface area contributed by atoms with Crippen molar-refractivity contribution in [3.05, 3.63) is 30.0 Å². The number of aromatic nitrogens is 4. The maximum absolute atomic E-state index is 12.0. The van der Waals surface area contributed by atoms with Crippen LogP contribution in [0.3, 0.4) is 0 Å². The van der Waals surface area contributed by atoms with Crippen molar-refractivity contribution in [3.8, 4) is 0 Å². The van der Waals surface area contributed by atoms with Crippen molar-refractivity contribution < 1.29 is 4.79 Å². The standard InChI is InChI=1S/C10H8N6OS/c11-5-1-2-6-7(4-12-8(6)3-5)9(17)13-10-14-15-16-18-10/h1-4,12H,11H2,(H,13,14,16,17). The summed E-state index contributed by atoms with van der Waals surface area (Å²) >= 11 is 1.02. The van der Waals surface area contributed by atoms with Gasteiger partial charge in [0.2, 0.25) is 5.13 Å². The molecule has 90 valence electrons. The third-order valence-electron chi connectivity index (χ3n) is 2.47. The number of amides is 1. The average molecular weight is 260 g/mol. The van der Waals surface area contributed by atoms with Crippen LogP contribution in [0, 0.1) is 0 Å². The van der Waals surface area contributed by atoms with E-state index in [-0.39, 0.29) is 5.91 Å². The van der Waals surface area contributed by atoms with Crippen LogP contribution in [-0.4, -0.2) is 25.7 Å². The first kappa shape index (κ1) is 10.7. The van der Waals surface area contributed by atoms with Gasteiger partial charge in [0.25, 0.3) is 5.91 Å². The van der Waals surface area contributed by atoms with Crippen molar-refractivity contribution in [2.45, 2.75) is 0 Å². The highest BCUT2D eigenvalue weighted by Crippen LogP contribution is 2.21. The summed E-state index contributed by atoms with van der Waals surface area (Å²) in [5, 5.41) is 10.9. The number of carbonyl (C=O) groups excluding carboxylic acids is 1. The van der Waals surface area contributed by atoms with Crippen LogP contribution >= 0.6 is 11.5 Å². The van der Waals surface area contributed by atoms with E-state index in [4.69, 9.17) is 5.73 Å². The van der Waals surface area contributed by atoms with Gasteiger partial charge in [0, 0.05) is 34.3 Å². The molecule has 7 nitrogen and oxygen atoms in total. The first-order valence-corrected chi connectivity index (χ1v) is 5.84. The molecule has 8 heteroatoms. The highest BCUT2D eigenvalue weighted by atomic mass is 32.1. The number of nitrogen functional groups attached to an aromatic ring is 1. The van der Waals surface area contributed by atoms with E-state index in [2.05, 4.69) is 25.1 Å². The molecule has 1 amide bonds. The maximum Gasteiger partial charge on any atom is 0.259 e. The number of carbonyl (C=O) groups is 1. The van der Waals surface area contributed by atoms with Crippen molar-refractivity contribution >= 4 is 39.2 Å². The second-order valence-electron chi connectivity index (χ2n) is 3.63. The van der Waals surface area contributed by atoms with Crippen molar-refractivity contribution in [3.63, 3.8) is 0 Å². The highest BCUT2D eigenvalue weighted by Gasteiger charge is 2.13. The number of benzene rings is 1. The Labute approximate surface area is 105 Å². The van der Waals surface area contributed by atoms with E-state index in [1.807, 2.05) is 0 Å². The zero-order valence-corrected chi connectivity index (χ0v) is 9.86. The van der Waals surface area contributed by atoms with Gasteiger partial charge in [-0.25, -0.2) is 0 Å². The number of H-pyrrole nitrogens is 1. The molecule has 0 aliphatic carbocycles. The quantitative estimate of drug-likeness (QED) is 0.601. The van der Waals surface area contributed by atoms with E-state index >= 15 is 0 Å². The maximum atomic E-state index is 12.0. The van der Waals surface area contributed by atoms with Gasteiger partial charge >= 0.3 is 0 Å². The summed E-state index contributed by atoms with van der Waals surface area (Å²) in [6.45, 7) is 0. The smallest absolute Gasteiger partial charge is 0.259 e. The normalized spacial score (nSPS) is 10.7. The molecule has 0 radical (unpaired) electrons. The number of nitrogens with zero attached hydrogens (tertiary/aromatic N) is 3. The molecule has 1 aromatic carbocycles. The number of nitrogens with one attached hydrogen (secondary N) is 2. The van der Waals surface area contributed by atoms with Gasteiger partial charge < -0.3 is 10.7 Å². The monoisotopic (exact) mass is 260 g/mol. The highest BCUT2D eigenvalue weighted by molar-refractivity contribution is 7.09. The molecule has 0 unspecified atom stereocenters. The van der Waals surface area contributed by atoms with E-state index in [0.717, 1.165) is 22.4 Å². The molecule has 0 bridgehead atoms. The van der Waals surface area contributed by atoms with Gasteiger partial charge in [0.15, 0.2) is 0 Å². The zero-order chi connectivity index (χ0) is 12.5. The van der Waals surface area contributed by atoms with Gasteiger partial charge in [-0.2, -0.15) is 0 Å². The zero-order valence-electron chi connectivity index (χ0n) is 9.04. The van der Waals surface area contributed by atoms with E-state index in [0.29, 0.717) is 16.4 Å². The Kier molecular flexibility index (Phi) is 2.41. The number of fused-ring (bicyclic) bond motifs is 1. The second kappa shape index (κ2) is 4.08. The van der Waals surface area contributed by atoms with E-state index < -0.39 is 0 Å². The minimum atomic E-state index is -0.260. The lowest BCUT2D eigenvalue weighted by Gasteiger charge is -1.99. The van der Waals surface area contributed by atoms with Gasteiger partial charge in [0.1, 0.15) is 0 Å². The average Bonchev–Trinajstić information content (AvgIpc) is 2.97. The molecule has 0 atom stereocenters. The first-order chi connectivity index (χ1) is 8.74.